The number of rotatable bonds is 4. The highest BCUT2D eigenvalue weighted by Crippen LogP contribution is 1.94. The zero-order chi connectivity index (χ0) is 8.85. The summed E-state index contributed by atoms with van der Waals surface area (Å²) in [5.74, 6) is -0.630. The maximum Gasteiger partial charge on any atom is 0.405 e. The van der Waals surface area contributed by atoms with E-state index in [0.29, 0.717) is 12.8 Å². The number of hydrogen-bond donors (Lipinski definition) is 3. The lowest BCUT2D eigenvalue weighted by molar-refractivity contribution is -0.120. The summed E-state index contributed by atoms with van der Waals surface area (Å²) in [7, 11) is 0. The van der Waals surface area contributed by atoms with Gasteiger partial charge in [-0.05, 0) is 6.42 Å². The third-order valence-corrected chi connectivity index (χ3v) is 1.22. The molecule has 0 bridgehead atoms. The number of primary amides is 1. The Morgan fingerprint density at radius 1 is 1.64 bits per heavy atom. The predicted molar refractivity (Wildman–Crippen MR) is 39.1 cm³/mol. The van der Waals surface area contributed by atoms with E-state index in [9.17, 15) is 9.59 Å². The highest BCUT2D eigenvalue weighted by molar-refractivity contribution is 5.83. The smallest absolute Gasteiger partial charge is 0.405 e. The van der Waals surface area contributed by atoms with Gasteiger partial charge in [-0.15, -0.1) is 0 Å². The van der Waals surface area contributed by atoms with E-state index in [4.69, 9.17) is 10.8 Å². The molecule has 0 spiro atoms. The van der Waals surface area contributed by atoms with Crippen LogP contribution in [-0.2, 0) is 4.79 Å². The minimum Gasteiger partial charge on any atom is -0.465 e. The molecule has 2 amide bonds. The van der Waals surface area contributed by atoms with Crippen LogP contribution in [0.2, 0.25) is 0 Å². The van der Waals surface area contributed by atoms with Gasteiger partial charge in [-0.3, -0.25) is 4.79 Å². The Kier molecular flexibility index (Phi) is 4.02. The van der Waals surface area contributed by atoms with Gasteiger partial charge in [0.05, 0.1) is 0 Å². The van der Waals surface area contributed by atoms with Gasteiger partial charge in [0, 0.05) is 0 Å². The van der Waals surface area contributed by atoms with E-state index in [2.05, 4.69) is 0 Å². The van der Waals surface area contributed by atoms with E-state index in [0.717, 1.165) is 0 Å². The van der Waals surface area contributed by atoms with Crippen molar-refractivity contribution >= 4 is 12.0 Å². The first-order valence-electron chi connectivity index (χ1n) is 3.36. The number of nitrogens with two attached hydrogens (primary N) is 1. The van der Waals surface area contributed by atoms with E-state index in [1.807, 2.05) is 12.2 Å². The predicted octanol–water partition coefficient (Wildman–Crippen LogP) is -0.0920. The third kappa shape index (κ3) is 4.19. The summed E-state index contributed by atoms with van der Waals surface area (Å²) in [4.78, 5) is 20.6. The molecule has 0 fully saturated rings. The lowest BCUT2D eigenvalue weighted by Crippen LogP contribution is -2.43. The average Bonchev–Trinajstić information content (AvgIpc) is 1.86. The van der Waals surface area contributed by atoms with Crippen LogP contribution in [0, 0.1) is 0 Å². The molecule has 1 unspecified atom stereocenters. The fourth-order valence-electron chi connectivity index (χ4n) is 0.723. The van der Waals surface area contributed by atoms with Crippen molar-refractivity contribution in [2.75, 3.05) is 0 Å². The lowest BCUT2D eigenvalue weighted by Gasteiger charge is -2.10. The number of carbonyl (C=O) groups is 2. The highest BCUT2D eigenvalue weighted by Gasteiger charge is 2.15. The molecule has 0 aliphatic carbocycles. The number of carboxylic acid groups (broad SMARTS) is 1. The highest BCUT2D eigenvalue weighted by atomic mass is 16.4. The van der Waals surface area contributed by atoms with Crippen LogP contribution in [0.5, 0.6) is 0 Å². The first-order valence-corrected chi connectivity index (χ1v) is 3.36. The summed E-state index contributed by atoms with van der Waals surface area (Å²) in [6.45, 7) is 1.85. The van der Waals surface area contributed by atoms with Gasteiger partial charge in [0.15, 0.2) is 0 Å². The first-order chi connectivity index (χ1) is 5.07. The molecule has 64 valence electrons. The van der Waals surface area contributed by atoms with Crippen LogP contribution in [0.25, 0.3) is 0 Å². The molecule has 11 heavy (non-hydrogen) atoms. The zero-order valence-electron chi connectivity index (χ0n) is 6.33. The molecule has 4 N–H and O–H groups in total. The Bertz CT molecular complexity index is 158. The number of nitrogens with one attached hydrogen (secondary N) is 1. The molecule has 5 heteroatoms. The second kappa shape index (κ2) is 4.54. The largest absolute Gasteiger partial charge is 0.465 e. The van der Waals surface area contributed by atoms with Gasteiger partial charge in [0.25, 0.3) is 0 Å². The maximum absolute atomic E-state index is 10.5. The normalized spacial score (nSPS) is 12.1. The first kappa shape index (κ1) is 9.74. The van der Waals surface area contributed by atoms with Crippen molar-refractivity contribution in [1.29, 1.82) is 0 Å². The summed E-state index contributed by atoms with van der Waals surface area (Å²) < 4.78 is 0. The Morgan fingerprint density at radius 2 is 2.18 bits per heavy atom. The van der Waals surface area contributed by atoms with Crippen LogP contribution in [0.15, 0.2) is 0 Å². The SMILES string of the molecule is CCCC(NC(=O)O)C(N)=O. The van der Waals surface area contributed by atoms with Gasteiger partial charge in [0.1, 0.15) is 6.04 Å². The summed E-state index contributed by atoms with van der Waals surface area (Å²) >= 11 is 0. The molecular formula is C6H12N2O3. The fraction of sp³-hybridized carbons (Fsp3) is 0.667. The van der Waals surface area contributed by atoms with E-state index in [-0.39, 0.29) is 0 Å². The molecule has 0 saturated carbocycles. The Balaban J connectivity index is 3.89. The standard InChI is InChI=1S/C6H12N2O3/c1-2-3-4(5(7)9)8-6(10)11/h4,8H,2-3H2,1H3,(H2,7,9)(H,10,11). The van der Waals surface area contributed by atoms with E-state index in [1.54, 1.807) is 0 Å². The van der Waals surface area contributed by atoms with Crippen LogP contribution in [0.3, 0.4) is 0 Å². The molecule has 5 nitrogen and oxygen atoms in total. The topological polar surface area (TPSA) is 92.4 Å². The second-order valence-corrected chi connectivity index (χ2v) is 2.19. The monoisotopic (exact) mass is 160 g/mol. The van der Waals surface area contributed by atoms with Crippen molar-refractivity contribution in [3.05, 3.63) is 0 Å². The maximum atomic E-state index is 10.5. The van der Waals surface area contributed by atoms with E-state index < -0.39 is 18.0 Å². The van der Waals surface area contributed by atoms with Crippen molar-refractivity contribution in [2.45, 2.75) is 25.8 Å². The van der Waals surface area contributed by atoms with Crippen LogP contribution in [0.1, 0.15) is 19.8 Å². The fourth-order valence-corrected chi connectivity index (χ4v) is 0.723. The van der Waals surface area contributed by atoms with Crippen molar-refractivity contribution in [3.8, 4) is 0 Å². The van der Waals surface area contributed by atoms with E-state index >= 15 is 0 Å². The molecule has 0 rings (SSSR count). The van der Waals surface area contributed by atoms with Gasteiger partial charge in [-0.1, -0.05) is 13.3 Å². The van der Waals surface area contributed by atoms with Gasteiger partial charge in [-0.25, -0.2) is 4.79 Å². The summed E-state index contributed by atoms with van der Waals surface area (Å²) in [5.41, 5.74) is 4.91. The van der Waals surface area contributed by atoms with Crippen molar-refractivity contribution < 1.29 is 14.7 Å². The van der Waals surface area contributed by atoms with Crippen molar-refractivity contribution in [2.24, 2.45) is 5.73 Å². The Hall–Kier alpha value is -1.26. The summed E-state index contributed by atoms with van der Waals surface area (Å²) in [6.07, 6.45) is -0.0579. The number of carbonyl (C=O) groups excluding carboxylic acids is 1. The third-order valence-electron chi connectivity index (χ3n) is 1.22. The molecule has 0 aromatic rings. The van der Waals surface area contributed by atoms with Crippen LogP contribution in [-0.4, -0.2) is 23.1 Å². The summed E-state index contributed by atoms with van der Waals surface area (Å²) in [6, 6.07) is -0.752. The minimum absolute atomic E-state index is 0.446. The van der Waals surface area contributed by atoms with Crippen LogP contribution >= 0.6 is 0 Å². The molecule has 0 heterocycles. The van der Waals surface area contributed by atoms with Gasteiger partial charge < -0.3 is 16.2 Å². The van der Waals surface area contributed by atoms with Gasteiger partial charge in [-0.2, -0.15) is 0 Å². The molecule has 0 aliphatic heterocycles. The van der Waals surface area contributed by atoms with Gasteiger partial charge >= 0.3 is 6.09 Å². The van der Waals surface area contributed by atoms with Crippen LogP contribution in [0.4, 0.5) is 4.79 Å². The molecule has 0 aromatic carbocycles. The molecular weight excluding hydrogens is 148 g/mol. The van der Waals surface area contributed by atoms with E-state index in [1.165, 1.54) is 0 Å². The lowest BCUT2D eigenvalue weighted by atomic mass is 10.1. The molecule has 0 aromatic heterocycles. The Labute approximate surface area is 64.6 Å². The van der Waals surface area contributed by atoms with Gasteiger partial charge in [0.2, 0.25) is 5.91 Å². The van der Waals surface area contributed by atoms with Crippen molar-refractivity contribution in [1.82, 2.24) is 5.32 Å². The molecule has 0 saturated heterocycles. The Morgan fingerprint density at radius 3 is 2.45 bits per heavy atom. The molecule has 0 aliphatic rings. The molecule has 0 radical (unpaired) electrons. The quantitative estimate of drug-likeness (QED) is 0.536. The minimum atomic E-state index is -1.22. The second-order valence-electron chi connectivity index (χ2n) is 2.19. The zero-order valence-corrected chi connectivity index (χ0v) is 6.33. The molecule has 1 atom stereocenters. The number of hydrogen-bond acceptors (Lipinski definition) is 2. The average molecular weight is 160 g/mol. The number of amides is 2. The van der Waals surface area contributed by atoms with Crippen LogP contribution < -0.4 is 11.1 Å². The van der Waals surface area contributed by atoms with Crippen molar-refractivity contribution in [3.63, 3.8) is 0 Å². The summed E-state index contributed by atoms with van der Waals surface area (Å²) in [5, 5.41) is 10.3.